The van der Waals surface area contributed by atoms with Crippen LogP contribution in [-0.2, 0) is 34.9 Å². The van der Waals surface area contributed by atoms with E-state index < -0.39 is 10.0 Å². The summed E-state index contributed by atoms with van der Waals surface area (Å²) < 4.78 is 35.5. The number of nitrogens with zero attached hydrogens (tertiary/aromatic N) is 2. The Labute approximate surface area is 173 Å². The molecule has 0 bridgehead atoms. The number of rotatable bonds is 6. The summed E-state index contributed by atoms with van der Waals surface area (Å²) in [5.41, 5.74) is 2.82. The van der Waals surface area contributed by atoms with Crippen molar-refractivity contribution < 1.29 is 13.2 Å². The van der Waals surface area contributed by atoms with E-state index in [0.717, 1.165) is 55.3 Å². The minimum Gasteiger partial charge on any atom is -0.379 e. The van der Waals surface area contributed by atoms with Crippen molar-refractivity contribution in [3.63, 3.8) is 0 Å². The topological polar surface area (TPSA) is 80.6 Å². The molecule has 3 aromatic rings. The molecular weight excluding hydrogens is 410 g/mol. The zero-order valence-corrected chi connectivity index (χ0v) is 17.8. The maximum atomic E-state index is 12.7. The number of fused-ring (bicyclic) bond motifs is 1. The molecule has 0 saturated carbocycles. The Bertz CT molecular complexity index is 1160. The first kappa shape index (κ1) is 20.2. The summed E-state index contributed by atoms with van der Waals surface area (Å²) in [5, 5.41) is 0. The van der Waals surface area contributed by atoms with Crippen LogP contribution in [0.5, 0.6) is 0 Å². The van der Waals surface area contributed by atoms with Crippen LogP contribution in [0.15, 0.2) is 52.2 Å². The van der Waals surface area contributed by atoms with E-state index in [1.807, 2.05) is 24.3 Å². The van der Waals surface area contributed by atoms with E-state index in [-0.39, 0.29) is 16.3 Å². The van der Waals surface area contributed by atoms with E-state index in [2.05, 4.69) is 9.62 Å². The molecule has 0 aliphatic carbocycles. The van der Waals surface area contributed by atoms with Gasteiger partial charge in [0.2, 0.25) is 10.0 Å². The monoisotopic (exact) mass is 433 g/mol. The van der Waals surface area contributed by atoms with Crippen molar-refractivity contribution in [2.75, 3.05) is 26.3 Å². The molecule has 0 spiro atoms. The van der Waals surface area contributed by atoms with Crippen molar-refractivity contribution in [3.8, 4) is 0 Å². The fourth-order valence-electron chi connectivity index (χ4n) is 3.32. The standard InChI is InChI=1S/C20H23N3O4S2/c1-22-18-7-6-17(12-19(18)28-20(22)24)29(25,26)21-13-15-2-4-16(5-3-15)14-23-8-10-27-11-9-23/h2-7,12,21H,8-11,13-14H2,1H3. The van der Waals surface area contributed by atoms with Crippen LogP contribution in [0.3, 0.4) is 0 Å². The van der Waals surface area contributed by atoms with Gasteiger partial charge in [-0.25, -0.2) is 13.1 Å². The van der Waals surface area contributed by atoms with Gasteiger partial charge >= 0.3 is 4.87 Å². The molecule has 9 heteroatoms. The molecule has 2 aromatic carbocycles. The van der Waals surface area contributed by atoms with Gasteiger partial charge in [0, 0.05) is 33.2 Å². The van der Waals surface area contributed by atoms with Crippen molar-refractivity contribution in [1.29, 1.82) is 0 Å². The van der Waals surface area contributed by atoms with Crippen LogP contribution in [0.4, 0.5) is 0 Å². The maximum absolute atomic E-state index is 12.7. The van der Waals surface area contributed by atoms with Gasteiger partial charge in [-0.15, -0.1) is 0 Å². The largest absolute Gasteiger partial charge is 0.379 e. The molecule has 4 rings (SSSR count). The third-order valence-corrected chi connectivity index (χ3v) is 7.47. The van der Waals surface area contributed by atoms with Crippen LogP contribution in [0.2, 0.25) is 0 Å². The molecule has 2 heterocycles. The zero-order chi connectivity index (χ0) is 20.4. The molecule has 29 heavy (non-hydrogen) atoms. The summed E-state index contributed by atoms with van der Waals surface area (Å²) in [6.07, 6.45) is 0. The van der Waals surface area contributed by atoms with Crippen LogP contribution in [0.1, 0.15) is 11.1 Å². The number of hydrogen-bond acceptors (Lipinski definition) is 6. The Morgan fingerprint density at radius 1 is 1.07 bits per heavy atom. The van der Waals surface area contributed by atoms with Crippen molar-refractivity contribution >= 4 is 31.6 Å². The highest BCUT2D eigenvalue weighted by Crippen LogP contribution is 2.21. The number of sulfonamides is 1. The second-order valence-corrected chi connectivity index (χ2v) is 9.85. The highest BCUT2D eigenvalue weighted by Gasteiger charge is 2.16. The van der Waals surface area contributed by atoms with Crippen LogP contribution in [-0.4, -0.2) is 44.2 Å². The van der Waals surface area contributed by atoms with E-state index in [4.69, 9.17) is 4.74 Å². The number of hydrogen-bond donors (Lipinski definition) is 1. The molecular formula is C20H23N3O4S2. The Morgan fingerprint density at radius 3 is 2.48 bits per heavy atom. The lowest BCUT2D eigenvalue weighted by molar-refractivity contribution is 0.0342. The molecule has 154 valence electrons. The van der Waals surface area contributed by atoms with Gasteiger partial charge in [-0.3, -0.25) is 9.69 Å². The van der Waals surface area contributed by atoms with Crippen molar-refractivity contribution in [1.82, 2.24) is 14.2 Å². The summed E-state index contributed by atoms with van der Waals surface area (Å²) in [6.45, 7) is 4.49. The lowest BCUT2D eigenvalue weighted by Crippen LogP contribution is -2.35. The predicted octanol–water partition coefficient (Wildman–Crippen LogP) is 1.91. The zero-order valence-electron chi connectivity index (χ0n) is 16.1. The van der Waals surface area contributed by atoms with Crippen LogP contribution < -0.4 is 9.60 Å². The Hall–Kier alpha value is -2.04. The fourth-order valence-corrected chi connectivity index (χ4v) is 5.36. The van der Waals surface area contributed by atoms with Crippen LogP contribution in [0.25, 0.3) is 10.2 Å². The number of thiazole rings is 1. The number of aromatic nitrogens is 1. The number of morpholine rings is 1. The third kappa shape index (κ3) is 4.59. The second kappa shape index (κ2) is 8.37. The summed E-state index contributed by atoms with van der Waals surface area (Å²) in [5.74, 6) is 0. The lowest BCUT2D eigenvalue weighted by Gasteiger charge is -2.26. The highest BCUT2D eigenvalue weighted by atomic mass is 32.2. The van der Waals surface area contributed by atoms with E-state index in [1.54, 1.807) is 19.2 Å². The summed E-state index contributed by atoms with van der Waals surface area (Å²) >= 11 is 1.04. The van der Waals surface area contributed by atoms with Gasteiger partial charge in [0.15, 0.2) is 0 Å². The summed E-state index contributed by atoms with van der Waals surface area (Å²) in [7, 11) is -1.99. The normalized spacial score (nSPS) is 15.8. The first-order valence-electron chi connectivity index (χ1n) is 9.39. The SMILES string of the molecule is Cn1c(=O)sc2cc(S(=O)(=O)NCc3ccc(CN4CCOCC4)cc3)ccc21. The molecule has 1 saturated heterocycles. The van der Waals surface area contributed by atoms with Crippen molar-refractivity contribution in [2.45, 2.75) is 18.0 Å². The molecule has 1 N–H and O–H groups in total. The van der Waals surface area contributed by atoms with Gasteiger partial charge in [-0.05, 0) is 29.3 Å². The van der Waals surface area contributed by atoms with E-state index >= 15 is 0 Å². The Balaban J connectivity index is 1.41. The molecule has 0 amide bonds. The molecule has 7 nitrogen and oxygen atoms in total. The average Bonchev–Trinajstić information content (AvgIpc) is 3.01. The molecule has 1 fully saturated rings. The van der Waals surface area contributed by atoms with Crippen molar-refractivity contribution in [2.24, 2.45) is 7.05 Å². The molecule has 0 radical (unpaired) electrons. The van der Waals surface area contributed by atoms with Gasteiger partial charge in [0.1, 0.15) is 0 Å². The molecule has 0 unspecified atom stereocenters. The van der Waals surface area contributed by atoms with E-state index in [9.17, 15) is 13.2 Å². The molecule has 0 atom stereocenters. The van der Waals surface area contributed by atoms with E-state index in [1.165, 1.54) is 16.2 Å². The number of aryl methyl sites for hydroxylation is 1. The van der Waals surface area contributed by atoms with E-state index in [0.29, 0.717) is 4.70 Å². The molecule has 1 aromatic heterocycles. The Morgan fingerprint density at radius 2 is 1.76 bits per heavy atom. The van der Waals surface area contributed by atoms with Crippen LogP contribution in [0, 0.1) is 0 Å². The van der Waals surface area contributed by atoms with Gasteiger partial charge in [-0.1, -0.05) is 35.6 Å². The Kier molecular flexibility index (Phi) is 5.84. The minimum atomic E-state index is -3.66. The van der Waals surface area contributed by atoms with Crippen molar-refractivity contribution in [3.05, 3.63) is 63.3 Å². The average molecular weight is 434 g/mol. The smallest absolute Gasteiger partial charge is 0.307 e. The van der Waals surface area contributed by atoms with Gasteiger partial charge in [-0.2, -0.15) is 0 Å². The first-order chi connectivity index (χ1) is 13.9. The molecule has 1 aliphatic heterocycles. The molecule has 1 aliphatic rings. The maximum Gasteiger partial charge on any atom is 0.307 e. The minimum absolute atomic E-state index is 0.111. The highest BCUT2D eigenvalue weighted by molar-refractivity contribution is 7.89. The predicted molar refractivity (Wildman–Crippen MR) is 114 cm³/mol. The fraction of sp³-hybridized carbons (Fsp3) is 0.350. The first-order valence-corrected chi connectivity index (χ1v) is 11.7. The second-order valence-electron chi connectivity index (χ2n) is 7.09. The number of nitrogens with one attached hydrogen (secondary N) is 1. The third-order valence-electron chi connectivity index (χ3n) is 5.07. The summed E-state index contributed by atoms with van der Waals surface area (Å²) in [4.78, 5) is 14.2. The van der Waals surface area contributed by atoms with Gasteiger partial charge < -0.3 is 9.30 Å². The number of ether oxygens (including phenoxy) is 1. The van der Waals surface area contributed by atoms with Gasteiger partial charge in [0.05, 0.1) is 28.3 Å². The van der Waals surface area contributed by atoms with Crippen LogP contribution >= 0.6 is 11.3 Å². The summed E-state index contributed by atoms with van der Waals surface area (Å²) in [6, 6.07) is 12.7. The van der Waals surface area contributed by atoms with Gasteiger partial charge in [0.25, 0.3) is 0 Å². The lowest BCUT2D eigenvalue weighted by atomic mass is 10.1. The quantitative estimate of drug-likeness (QED) is 0.642. The number of benzene rings is 2.